The number of nitrogens with one attached hydrogen (secondary N) is 1. The van der Waals surface area contributed by atoms with Crippen LogP contribution in [-0.2, 0) is 4.79 Å². The Morgan fingerprint density at radius 3 is 2.44 bits per heavy atom. The normalized spacial score (nSPS) is 11.8. The van der Waals surface area contributed by atoms with Crippen LogP contribution in [0.25, 0.3) is 0 Å². The third kappa shape index (κ3) is 2.48. The largest absolute Gasteiger partial charge is 0.505 e. The fraction of sp³-hybridized carbons (Fsp3) is 0.0714. The molecule has 0 saturated heterocycles. The summed E-state index contributed by atoms with van der Waals surface area (Å²) in [5, 5.41) is 11.8. The summed E-state index contributed by atoms with van der Waals surface area (Å²) in [6.45, 7) is 0. The number of carbonyl (C=O) groups excluding carboxylic acids is 1. The SMILES string of the molecule is O=CNC(c1ccccc1)c1ccc(O)c(F)c1. The fourth-order valence-corrected chi connectivity index (χ4v) is 1.80. The van der Waals surface area contributed by atoms with Gasteiger partial charge >= 0.3 is 0 Å². The second kappa shape index (κ2) is 5.31. The van der Waals surface area contributed by atoms with Gasteiger partial charge in [-0.15, -0.1) is 0 Å². The summed E-state index contributed by atoms with van der Waals surface area (Å²) < 4.78 is 13.3. The van der Waals surface area contributed by atoms with E-state index < -0.39 is 17.6 Å². The summed E-state index contributed by atoms with van der Waals surface area (Å²) in [6.07, 6.45) is 0.572. The van der Waals surface area contributed by atoms with Crippen molar-refractivity contribution in [2.24, 2.45) is 0 Å². The molecule has 1 unspecified atom stereocenters. The van der Waals surface area contributed by atoms with E-state index in [9.17, 15) is 9.18 Å². The molecule has 0 aliphatic carbocycles. The maximum atomic E-state index is 13.3. The van der Waals surface area contributed by atoms with Gasteiger partial charge in [0.25, 0.3) is 0 Å². The number of amides is 1. The molecule has 0 spiro atoms. The highest BCUT2D eigenvalue weighted by Crippen LogP contribution is 2.25. The molecular formula is C14H12FNO2. The van der Waals surface area contributed by atoms with Crippen LogP contribution in [0.15, 0.2) is 48.5 Å². The standard InChI is InChI=1S/C14H12FNO2/c15-12-8-11(6-7-13(12)18)14(16-9-17)10-4-2-1-3-5-10/h1-9,14,18H,(H,16,17). The van der Waals surface area contributed by atoms with Crippen LogP contribution < -0.4 is 5.32 Å². The van der Waals surface area contributed by atoms with Gasteiger partial charge in [0, 0.05) is 0 Å². The molecule has 2 aromatic rings. The van der Waals surface area contributed by atoms with Crippen LogP contribution in [0.2, 0.25) is 0 Å². The molecule has 3 nitrogen and oxygen atoms in total. The lowest BCUT2D eigenvalue weighted by atomic mass is 9.99. The average Bonchev–Trinajstić information content (AvgIpc) is 2.40. The van der Waals surface area contributed by atoms with Gasteiger partial charge in [-0.3, -0.25) is 4.79 Å². The molecule has 0 fully saturated rings. The summed E-state index contributed by atoms with van der Waals surface area (Å²) in [5.74, 6) is -1.11. The molecule has 4 heteroatoms. The van der Waals surface area contributed by atoms with E-state index in [1.54, 1.807) is 6.07 Å². The molecule has 18 heavy (non-hydrogen) atoms. The molecule has 0 aliphatic rings. The Morgan fingerprint density at radius 1 is 1.11 bits per heavy atom. The lowest BCUT2D eigenvalue weighted by molar-refractivity contribution is -0.110. The Kier molecular flexibility index (Phi) is 3.57. The minimum atomic E-state index is -0.707. The van der Waals surface area contributed by atoms with Crippen molar-refractivity contribution in [2.75, 3.05) is 0 Å². The van der Waals surface area contributed by atoms with Crippen molar-refractivity contribution in [2.45, 2.75) is 6.04 Å². The van der Waals surface area contributed by atoms with Crippen molar-refractivity contribution < 1.29 is 14.3 Å². The van der Waals surface area contributed by atoms with E-state index >= 15 is 0 Å². The van der Waals surface area contributed by atoms with Crippen molar-refractivity contribution in [1.29, 1.82) is 0 Å². The molecule has 0 heterocycles. The zero-order valence-electron chi connectivity index (χ0n) is 9.51. The van der Waals surface area contributed by atoms with Gasteiger partial charge < -0.3 is 10.4 Å². The van der Waals surface area contributed by atoms with E-state index in [-0.39, 0.29) is 0 Å². The summed E-state index contributed by atoms with van der Waals surface area (Å²) in [4.78, 5) is 10.7. The highest BCUT2D eigenvalue weighted by Gasteiger charge is 2.14. The van der Waals surface area contributed by atoms with E-state index in [4.69, 9.17) is 5.11 Å². The van der Waals surface area contributed by atoms with Gasteiger partial charge in [-0.05, 0) is 23.3 Å². The third-order valence-electron chi connectivity index (χ3n) is 2.67. The van der Waals surface area contributed by atoms with Crippen LogP contribution >= 0.6 is 0 Å². The van der Waals surface area contributed by atoms with E-state index in [1.807, 2.05) is 30.3 Å². The van der Waals surface area contributed by atoms with E-state index in [2.05, 4.69) is 5.32 Å². The van der Waals surface area contributed by atoms with Crippen molar-refractivity contribution in [3.63, 3.8) is 0 Å². The van der Waals surface area contributed by atoms with Crippen molar-refractivity contribution in [3.05, 3.63) is 65.5 Å². The molecule has 2 aromatic carbocycles. The minimum Gasteiger partial charge on any atom is -0.505 e. The molecule has 0 aliphatic heterocycles. The number of phenols is 1. The maximum absolute atomic E-state index is 13.3. The number of rotatable bonds is 4. The number of aromatic hydroxyl groups is 1. The number of halogens is 1. The summed E-state index contributed by atoms with van der Waals surface area (Å²) in [6, 6.07) is 12.8. The van der Waals surface area contributed by atoms with Gasteiger partial charge in [0.05, 0.1) is 6.04 Å². The van der Waals surface area contributed by atoms with Crippen LogP contribution in [0.3, 0.4) is 0 Å². The zero-order valence-corrected chi connectivity index (χ0v) is 9.51. The topological polar surface area (TPSA) is 49.3 Å². The molecular weight excluding hydrogens is 233 g/mol. The predicted octanol–water partition coefficient (Wildman–Crippen LogP) is 2.37. The monoisotopic (exact) mass is 245 g/mol. The molecule has 1 amide bonds. The van der Waals surface area contributed by atoms with Gasteiger partial charge in [0.15, 0.2) is 11.6 Å². The first-order valence-corrected chi connectivity index (χ1v) is 5.45. The van der Waals surface area contributed by atoms with Gasteiger partial charge in [-0.1, -0.05) is 36.4 Å². The van der Waals surface area contributed by atoms with E-state index in [1.165, 1.54) is 12.1 Å². The minimum absolute atomic E-state index is 0.406. The molecule has 1 atom stereocenters. The predicted molar refractivity (Wildman–Crippen MR) is 65.5 cm³/mol. The molecule has 0 aromatic heterocycles. The second-order valence-corrected chi connectivity index (χ2v) is 3.84. The second-order valence-electron chi connectivity index (χ2n) is 3.84. The first-order valence-electron chi connectivity index (χ1n) is 5.45. The molecule has 2 rings (SSSR count). The summed E-state index contributed by atoms with van der Waals surface area (Å²) >= 11 is 0. The number of carbonyl (C=O) groups is 1. The molecule has 0 radical (unpaired) electrons. The Morgan fingerprint density at radius 2 is 1.83 bits per heavy atom. The summed E-state index contributed by atoms with van der Waals surface area (Å²) in [5.41, 5.74) is 1.42. The first kappa shape index (κ1) is 12.1. The smallest absolute Gasteiger partial charge is 0.207 e. The highest BCUT2D eigenvalue weighted by molar-refractivity contribution is 5.50. The van der Waals surface area contributed by atoms with E-state index in [0.717, 1.165) is 5.56 Å². The number of benzene rings is 2. The number of phenolic OH excluding ortho intramolecular Hbond substituents is 1. The Bertz CT molecular complexity index is 543. The number of hydrogen-bond donors (Lipinski definition) is 2. The van der Waals surface area contributed by atoms with Gasteiger partial charge in [-0.2, -0.15) is 0 Å². The Balaban J connectivity index is 2.41. The average molecular weight is 245 g/mol. The molecule has 0 bridgehead atoms. The lowest BCUT2D eigenvalue weighted by Gasteiger charge is -2.17. The van der Waals surface area contributed by atoms with Gasteiger partial charge in [-0.25, -0.2) is 4.39 Å². The van der Waals surface area contributed by atoms with Crippen LogP contribution in [0.4, 0.5) is 4.39 Å². The van der Waals surface area contributed by atoms with Crippen LogP contribution in [0, 0.1) is 5.82 Å². The van der Waals surface area contributed by atoms with Crippen molar-refractivity contribution in [3.8, 4) is 5.75 Å². The number of hydrogen-bond acceptors (Lipinski definition) is 2. The quantitative estimate of drug-likeness (QED) is 0.812. The van der Waals surface area contributed by atoms with Crippen molar-refractivity contribution >= 4 is 6.41 Å². The fourth-order valence-electron chi connectivity index (χ4n) is 1.80. The van der Waals surface area contributed by atoms with Gasteiger partial charge in [0.1, 0.15) is 0 Å². The molecule has 0 saturated carbocycles. The highest BCUT2D eigenvalue weighted by atomic mass is 19.1. The summed E-state index contributed by atoms with van der Waals surface area (Å²) in [7, 11) is 0. The Hall–Kier alpha value is -2.36. The molecule has 2 N–H and O–H groups in total. The van der Waals surface area contributed by atoms with E-state index in [0.29, 0.717) is 12.0 Å². The van der Waals surface area contributed by atoms with Crippen LogP contribution in [0.1, 0.15) is 17.2 Å². The Labute approximate surface area is 104 Å². The first-order chi connectivity index (χ1) is 8.72. The van der Waals surface area contributed by atoms with Crippen LogP contribution in [0.5, 0.6) is 5.75 Å². The lowest BCUT2D eigenvalue weighted by Crippen LogP contribution is -2.20. The molecule has 92 valence electrons. The zero-order chi connectivity index (χ0) is 13.0. The van der Waals surface area contributed by atoms with Crippen molar-refractivity contribution in [1.82, 2.24) is 5.32 Å². The van der Waals surface area contributed by atoms with Crippen LogP contribution in [-0.4, -0.2) is 11.5 Å². The maximum Gasteiger partial charge on any atom is 0.207 e. The van der Waals surface area contributed by atoms with Gasteiger partial charge in [0.2, 0.25) is 6.41 Å². The third-order valence-corrected chi connectivity index (χ3v) is 2.67.